The first-order valence-corrected chi connectivity index (χ1v) is 5.03. The zero-order valence-electron chi connectivity index (χ0n) is 8.50. The van der Waals surface area contributed by atoms with Crippen LogP contribution in [0.1, 0.15) is 19.4 Å². The van der Waals surface area contributed by atoms with Crippen molar-refractivity contribution >= 4 is 11.6 Å². The van der Waals surface area contributed by atoms with Gasteiger partial charge in [-0.05, 0) is 31.5 Å². The third-order valence-corrected chi connectivity index (χ3v) is 2.14. The molecule has 0 aromatic heterocycles. The van der Waals surface area contributed by atoms with Crippen LogP contribution in [0.5, 0.6) is 0 Å². The van der Waals surface area contributed by atoms with Crippen molar-refractivity contribution in [3.8, 4) is 0 Å². The minimum absolute atomic E-state index is 0.402. The van der Waals surface area contributed by atoms with Crippen LogP contribution in [0, 0.1) is 0 Å². The highest BCUT2D eigenvalue weighted by molar-refractivity contribution is 6.30. The number of allylic oxidation sites excluding steroid dienone is 1. The maximum Gasteiger partial charge on any atom is 0.0763 e. The van der Waals surface area contributed by atoms with E-state index in [1.807, 2.05) is 44.2 Å². The van der Waals surface area contributed by atoms with E-state index in [9.17, 15) is 5.11 Å². The molecule has 1 rings (SSSR count). The zero-order chi connectivity index (χ0) is 10.6. The molecule has 0 aliphatic rings. The smallest absolute Gasteiger partial charge is 0.0763 e. The first-order chi connectivity index (χ1) is 6.58. The lowest BCUT2D eigenvalue weighted by molar-refractivity contribution is 0.223. The molecule has 0 radical (unpaired) electrons. The Morgan fingerprint density at radius 1 is 1.36 bits per heavy atom. The molecule has 1 atom stereocenters. The number of benzene rings is 1. The summed E-state index contributed by atoms with van der Waals surface area (Å²) in [4.78, 5) is 0. The van der Waals surface area contributed by atoms with E-state index in [1.165, 1.54) is 0 Å². The molecule has 0 bridgehead atoms. The fraction of sp³-hybridized carbons (Fsp3) is 0.333. The highest BCUT2D eigenvalue weighted by atomic mass is 35.5. The topological polar surface area (TPSA) is 20.2 Å². The van der Waals surface area contributed by atoms with E-state index < -0.39 is 6.10 Å². The summed E-state index contributed by atoms with van der Waals surface area (Å²) in [5.41, 5.74) is 2.23. The Kier molecular flexibility index (Phi) is 4.18. The number of rotatable bonds is 3. The molecule has 76 valence electrons. The van der Waals surface area contributed by atoms with Gasteiger partial charge in [-0.2, -0.15) is 0 Å². The molecule has 0 fully saturated rings. The van der Waals surface area contributed by atoms with Gasteiger partial charge in [0.25, 0.3) is 0 Å². The van der Waals surface area contributed by atoms with E-state index in [2.05, 4.69) is 0 Å². The number of hydrogen-bond acceptors (Lipinski definition) is 1. The molecule has 0 saturated carbocycles. The van der Waals surface area contributed by atoms with Crippen LogP contribution >= 0.6 is 11.6 Å². The number of hydrogen-bond donors (Lipinski definition) is 1. The number of aliphatic hydroxyl groups excluding tert-OH is 1. The van der Waals surface area contributed by atoms with E-state index in [1.54, 1.807) is 0 Å². The van der Waals surface area contributed by atoms with Gasteiger partial charge in [0.05, 0.1) is 6.10 Å². The molecule has 0 heterocycles. The SMILES string of the molecule is CC(C)=CC(O)Cc1ccc(Cl)cc1. The molecule has 0 aliphatic heterocycles. The van der Waals surface area contributed by atoms with Crippen molar-refractivity contribution in [1.82, 2.24) is 0 Å². The summed E-state index contributed by atoms with van der Waals surface area (Å²) in [5, 5.41) is 10.4. The van der Waals surface area contributed by atoms with Crippen molar-refractivity contribution in [2.75, 3.05) is 0 Å². The molecule has 0 aliphatic carbocycles. The normalized spacial score (nSPS) is 12.3. The fourth-order valence-corrected chi connectivity index (χ4v) is 1.43. The van der Waals surface area contributed by atoms with Crippen molar-refractivity contribution in [3.05, 3.63) is 46.5 Å². The lowest BCUT2D eigenvalue weighted by atomic mass is 10.1. The summed E-state index contributed by atoms with van der Waals surface area (Å²) < 4.78 is 0. The van der Waals surface area contributed by atoms with Gasteiger partial charge in [-0.3, -0.25) is 0 Å². The second-order valence-electron chi connectivity index (χ2n) is 3.64. The average molecular weight is 211 g/mol. The van der Waals surface area contributed by atoms with Crippen LogP contribution < -0.4 is 0 Å². The second kappa shape index (κ2) is 5.18. The Bertz CT molecular complexity index is 310. The third-order valence-electron chi connectivity index (χ3n) is 1.88. The summed E-state index contributed by atoms with van der Waals surface area (Å²) in [6.07, 6.45) is 2.10. The van der Waals surface area contributed by atoms with Crippen LogP contribution in [-0.2, 0) is 6.42 Å². The monoisotopic (exact) mass is 210 g/mol. The van der Waals surface area contributed by atoms with Crippen molar-refractivity contribution in [3.63, 3.8) is 0 Å². The predicted molar refractivity (Wildman–Crippen MR) is 60.6 cm³/mol. The summed E-state index contributed by atoms with van der Waals surface area (Å²) in [6.45, 7) is 3.95. The Morgan fingerprint density at radius 3 is 2.43 bits per heavy atom. The molecule has 1 aromatic carbocycles. The van der Waals surface area contributed by atoms with Gasteiger partial charge in [-0.25, -0.2) is 0 Å². The van der Waals surface area contributed by atoms with E-state index in [0.29, 0.717) is 6.42 Å². The van der Waals surface area contributed by atoms with E-state index in [0.717, 1.165) is 16.2 Å². The Balaban J connectivity index is 2.61. The zero-order valence-corrected chi connectivity index (χ0v) is 9.25. The number of halogens is 1. The lowest BCUT2D eigenvalue weighted by Gasteiger charge is -2.06. The number of aliphatic hydroxyl groups is 1. The molecular weight excluding hydrogens is 196 g/mol. The predicted octanol–water partition coefficient (Wildman–Crippen LogP) is 3.21. The largest absolute Gasteiger partial charge is 0.389 e. The van der Waals surface area contributed by atoms with Gasteiger partial charge in [0.1, 0.15) is 0 Å². The molecule has 2 heteroatoms. The lowest BCUT2D eigenvalue weighted by Crippen LogP contribution is -2.06. The van der Waals surface area contributed by atoms with Crippen molar-refractivity contribution < 1.29 is 5.11 Å². The fourth-order valence-electron chi connectivity index (χ4n) is 1.31. The average Bonchev–Trinajstić information content (AvgIpc) is 2.07. The highest BCUT2D eigenvalue weighted by Gasteiger charge is 2.01. The van der Waals surface area contributed by atoms with E-state index >= 15 is 0 Å². The summed E-state index contributed by atoms with van der Waals surface area (Å²) in [7, 11) is 0. The van der Waals surface area contributed by atoms with Gasteiger partial charge in [-0.1, -0.05) is 35.4 Å². The maximum absolute atomic E-state index is 9.63. The van der Waals surface area contributed by atoms with Gasteiger partial charge in [0.2, 0.25) is 0 Å². The first kappa shape index (κ1) is 11.3. The van der Waals surface area contributed by atoms with E-state index in [4.69, 9.17) is 11.6 Å². The van der Waals surface area contributed by atoms with Gasteiger partial charge in [0, 0.05) is 11.4 Å². The maximum atomic E-state index is 9.63. The molecule has 14 heavy (non-hydrogen) atoms. The molecule has 1 unspecified atom stereocenters. The molecular formula is C12H15ClO. The van der Waals surface area contributed by atoms with Crippen LogP contribution in [-0.4, -0.2) is 11.2 Å². The third kappa shape index (κ3) is 3.95. The van der Waals surface area contributed by atoms with Crippen LogP contribution in [0.2, 0.25) is 5.02 Å². The van der Waals surface area contributed by atoms with Gasteiger partial charge in [0.15, 0.2) is 0 Å². The van der Waals surface area contributed by atoms with Crippen LogP contribution in [0.15, 0.2) is 35.9 Å². The quantitative estimate of drug-likeness (QED) is 0.760. The minimum atomic E-state index is -0.402. The van der Waals surface area contributed by atoms with Crippen molar-refractivity contribution in [2.24, 2.45) is 0 Å². The molecule has 1 nitrogen and oxygen atoms in total. The Hall–Kier alpha value is -0.790. The van der Waals surface area contributed by atoms with Crippen LogP contribution in [0.3, 0.4) is 0 Å². The Labute approximate surface area is 90.0 Å². The van der Waals surface area contributed by atoms with Crippen molar-refractivity contribution in [2.45, 2.75) is 26.4 Å². The second-order valence-corrected chi connectivity index (χ2v) is 4.08. The standard InChI is InChI=1S/C12H15ClO/c1-9(2)7-12(14)8-10-3-5-11(13)6-4-10/h3-7,12,14H,8H2,1-2H3. The highest BCUT2D eigenvalue weighted by Crippen LogP contribution is 2.11. The van der Waals surface area contributed by atoms with Crippen molar-refractivity contribution in [1.29, 1.82) is 0 Å². The summed E-state index contributed by atoms with van der Waals surface area (Å²) >= 11 is 5.76. The minimum Gasteiger partial charge on any atom is -0.389 e. The molecule has 0 spiro atoms. The molecule has 1 aromatic rings. The molecule has 0 saturated heterocycles. The van der Waals surface area contributed by atoms with Gasteiger partial charge >= 0.3 is 0 Å². The molecule has 1 N–H and O–H groups in total. The van der Waals surface area contributed by atoms with E-state index in [-0.39, 0.29) is 0 Å². The van der Waals surface area contributed by atoms with Gasteiger partial charge < -0.3 is 5.11 Å². The Morgan fingerprint density at radius 2 is 1.93 bits per heavy atom. The molecule has 0 amide bonds. The summed E-state index contributed by atoms with van der Waals surface area (Å²) in [6, 6.07) is 7.55. The van der Waals surface area contributed by atoms with Gasteiger partial charge in [-0.15, -0.1) is 0 Å². The van der Waals surface area contributed by atoms with Crippen LogP contribution in [0.4, 0.5) is 0 Å². The first-order valence-electron chi connectivity index (χ1n) is 4.65. The van der Waals surface area contributed by atoms with Crippen LogP contribution in [0.25, 0.3) is 0 Å². The summed E-state index contributed by atoms with van der Waals surface area (Å²) in [5.74, 6) is 0.